The Balaban J connectivity index is 2.04. The minimum Gasteiger partial charge on any atom is -0.394 e. The molecule has 0 unspecified atom stereocenters. The zero-order valence-corrected chi connectivity index (χ0v) is 12.3. The molecule has 0 saturated carbocycles. The van der Waals surface area contributed by atoms with Gasteiger partial charge in [-0.1, -0.05) is 13.8 Å². The molecule has 0 bridgehead atoms. The van der Waals surface area contributed by atoms with E-state index in [0.717, 1.165) is 32.1 Å². The van der Waals surface area contributed by atoms with Gasteiger partial charge in [-0.05, 0) is 31.6 Å². The van der Waals surface area contributed by atoms with Gasteiger partial charge in [0.15, 0.2) is 5.79 Å². The maximum absolute atomic E-state index is 9.43. The molecule has 0 aromatic heterocycles. The van der Waals surface area contributed by atoms with Crippen LogP contribution in [0.25, 0.3) is 0 Å². The highest BCUT2D eigenvalue weighted by Gasteiger charge is 2.46. The highest BCUT2D eigenvalue weighted by Crippen LogP contribution is 2.43. The van der Waals surface area contributed by atoms with Crippen LogP contribution >= 0.6 is 0 Å². The second kappa shape index (κ2) is 6.26. The number of hydrogen-bond donors (Lipinski definition) is 1. The Hall–Kier alpha value is -0.560. The van der Waals surface area contributed by atoms with E-state index in [4.69, 9.17) is 9.47 Å². The molecular weight excluding hydrogens is 240 g/mol. The van der Waals surface area contributed by atoms with Crippen LogP contribution < -0.4 is 0 Å². The van der Waals surface area contributed by atoms with Gasteiger partial charge >= 0.3 is 0 Å². The van der Waals surface area contributed by atoms with Gasteiger partial charge in [0, 0.05) is 19.3 Å². The van der Waals surface area contributed by atoms with Crippen LogP contribution in [-0.4, -0.2) is 29.7 Å². The first-order valence-corrected chi connectivity index (χ1v) is 7.46. The minimum atomic E-state index is -0.466. The summed E-state index contributed by atoms with van der Waals surface area (Å²) in [5, 5.41) is 9.43. The second-order valence-corrected chi connectivity index (χ2v) is 6.07. The van der Waals surface area contributed by atoms with Crippen LogP contribution in [0.5, 0.6) is 0 Å². The fraction of sp³-hybridized carbons (Fsp3) is 0.875. The van der Waals surface area contributed by atoms with E-state index in [0.29, 0.717) is 11.8 Å². The first-order valence-electron chi connectivity index (χ1n) is 7.46. The maximum Gasteiger partial charge on any atom is 0.169 e. The Kier molecular flexibility index (Phi) is 4.89. The molecule has 0 aromatic carbocycles. The van der Waals surface area contributed by atoms with Crippen molar-refractivity contribution in [2.75, 3.05) is 6.61 Å². The molecule has 0 radical (unpaired) electrons. The molecule has 2 aliphatic heterocycles. The van der Waals surface area contributed by atoms with E-state index in [1.807, 2.05) is 6.92 Å². The average Bonchev–Trinajstić information content (AvgIpc) is 2.43. The van der Waals surface area contributed by atoms with Crippen molar-refractivity contribution in [3.05, 3.63) is 0 Å². The topological polar surface area (TPSA) is 38.7 Å². The largest absolute Gasteiger partial charge is 0.394 e. The van der Waals surface area contributed by atoms with Crippen molar-refractivity contribution in [1.29, 1.82) is 0 Å². The number of ether oxygens (including phenoxy) is 2. The van der Waals surface area contributed by atoms with Gasteiger partial charge in [-0.2, -0.15) is 0 Å². The predicted molar refractivity (Wildman–Crippen MR) is 74.4 cm³/mol. The fourth-order valence-corrected chi connectivity index (χ4v) is 3.10. The van der Waals surface area contributed by atoms with Crippen molar-refractivity contribution < 1.29 is 14.6 Å². The van der Waals surface area contributed by atoms with Crippen molar-refractivity contribution in [1.82, 2.24) is 0 Å². The van der Waals surface area contributed by atoms with Crippen LogP contribution in [0.15, 0.2) is 0 Å². The van der Waals surface area contributed by atoms with Crippen LogP contribution in [0.2, 0.25) is 0 Å². The van der Waals surface area contributed by atoms with Crippen LogP contribution in [0, 0.1) is 23.7 Å². The van der Waals surface area contributed by atoms with Gasteiger partial charge in [0.25, 0.3) is 0 Å². The van der Waals surface area contributed by atoms with E-state index in [1.165, 1.54) is 0 Å². The summed E-state index contributed by atoms with van der Waals surface area (Å²) < 4.78 is 12.4. The molecule has 5 atom stereocenters. The van der Waals surface area contributed by atoms with Gasteiger partial charge in [-0.3, -0.25) is 0 Å². The molecule has 19 heavy (non-hydrogen) atoms. The molecule has 1 N–H and O–H groups in total. The number of rotatable bonds is 2. The van der Waals surface area contributed by atoms with Gasteiger partial charge in [-0.15, -0.1) is 11.8 Å². The van der Waals surface area contributed by atoms with Gasteiger partial charge in [0.1, 0.15) is 0 Å². The third-order valence-electron chi connectivity index (χ3n) is 4.62. The van der Waals surface area contributed by atoms with Crippen molar-refractivity contribution in [2.24, 2.45) is 11.8 Å². The lowest BCUT2D eigenvalue weighted by Crippen LogP contribution is -2.52. The van der Waals surface area contributed by atoms with Crippen molar-refractivity contribution in [2.45, 2.75) is 70.9 Å². The van der Waals surface area contributed by atoms with Crippen LogP contribution in [0.4, 0.5) is 0 Å². The van der Waals surface area contributed by atoms with E-state index in [2.05, 4.69) is 25.7 Å². The Morgan fingerprint density at radius 1 is 1.11 bits per heavy atom. The second-order valence-electron chi connectivity index (χ2n) is 6.07. The van der Waals surface area contributed by atoms with E-state index in [9.17, 15) is 5.11 Å². The van der Waals surface area contributed by atoms with Crippen LogP contribution in [-0.2, 0) is 9.47 Å². The number of aliphatic hydroxyl groups excluding tert-OH is 1. The SMILES string of the molecule is CC#CC[C@H]1O[C@@]2(CC[C@H](C)[C@H](CO)O2)CC[C@@H]1C. The first kappa shape index (κ1) is 14.8. The summed E-state index contributed by atoms with van der Waals surface area (Å²) in [4.78, 5) is 0. The molecule has 2 heterocycles. The number of hydrogen-bond acceptors (Lipinski definition) is 3. The van der Waals surface area contributed by atoms with Gasteiger partial charge in [0.2, 0.25) is 0 Å². The van der Waals surface area contributed by atoms with E-state index in [1.54, 1.807) is 0 Å². The lowest BCUT2D eigenvalue weighted by Gasteiger charge is -2.49. The molecule has 3 nitrogen and oxygen atoms in total. The van der Waals surface area contributed by atoms with Crippen LogP contribution in [0.1, 0.15) is 52.9 Å². The zero-order chi connectivity index (χ0) is 13.9. The average molecular weight is 266 g/mol. The maximum atomic E-state index is 9.43. The molecule has 2 rings (SSSR count). The molecule has 0 amide bonds. The molecular formula is C16H26O3. The van der Waals surface area contributed by atoms with Gasteiger partial charge in [0.05, 0.1) is 18.8 Å². The summed E-state index contributed by atoms with van der Waals surface area (Å²) in [5.74, 6) is 6.54. The minimum absolute atomic E-state index is 0.0833. The Labute approximate surface area is 116 Å². The van der Waals surface area contributed by atoms with Crippen LogP contribution in [0.3, 0.4) is 0 Å². The van der Waals surface area contributed by atoms with Gasteiger partial charge < -0.3 is 14.6 Å². The normalized spacial score (nSPS) is 42.7. The lowest BCUT2D eigenvalue weighted by atomic mass is 9.84. The third kappa shape index (κ3) is 3.31. The molecule has 1 spiro atoms. The molecule has 2 aliphatic rings. The molecule has 0 aromatic rings. The van der Waals surface area contributed by atoms with Crippen molar-refractivity contribution >= 4 is 0 Å². The molecule has 2 saturated heterocycles. The lowest BCUT2D eigenvalue weighted by molar-refractivity contribution is -0.333. The van der Waals surface area contributed by atoms with E-state index in [-0.39, 0.29) is 18.8 Å². The fourth-order valence-electron chi connectivity index (χ4n) is 3.10. The summed E-state index contributed by atoms with van der Waals surface area (Å²) in [7, 11) is 0. The highest BCUT2D eigenvalue weighted by atomic mass is 16.7. The number of aliphatic hydroxyl groups is 1. The molecule has 3 heteroatoms. The zero-order valence-electron chi connectivity index (χ0n) is 12.3. The molecule has 108 valence electrons. The smallest absolute Gasteiger partial charge is 0.169 e. The Morgan fingerprint density at radius 3 is 2.26 bits per heavy atom. The standard InChI is InChI=1S/C16H26O3/c1-4-5-6-14-12(2)7-9-16(18-14)10-8-13(3)15(11-17)19-16/h12-15,17H,6-11H2,1-3H3/t12-,13-,14+,15-,16-/m0/s1. The van der Waals surface area contributed by atoms with Gasteiger partial charge in [-0.25, -0.2) is 0 Å². The Bertz CT molecular complexity index is 353. The van der Waals surface area contributed by atoms with E-state index >= 15 is 0 Å². The summed E-state index contributed by atoms with van der Waals surface area (Å²) in [5.41, 5.74) is 0. The third-order valence-corrected chi connectivity index (χ3v) is 4.62. The highest BCUT2D eigenvalue weighted by molar-refractivity contribution is 4.99. The Morgan fingerprint density at radius 2 is 1.68 bits per heavy atom. The summed E-state index contributed by atoms with van der Waals surface area (Å²) in [6.07, 6.45) is 4.91. The van der Waals surface area contributed by atoms with E-state index < -0.39 is 5.79 Å². The molecule has 0 aliphatic carbocycles. The first-order chi connectivity index (χ1) is 9.10. The quantitative estimate of drug-likeness (QED) is 0.781. The summed E-state index contributed by atoms with van der Waals surface area (Å²) >= 11 is 0. The summed E-state index contributed by atoms with van der Waals surface area (Å²) in [6.45, 7) is 6.31. The monoisotopic (exact) mass is 266 g/mol. The summed E-state index contributed by atoms with van der Waals surface area (Å²) in [6, 6.07) is 0. The molecule has 2 fully saturated rings. The van der Waals surface area contributed by atoms with Crippen molar-refractivity contribution in [3.8, 4) is 11.8 Å². The predicted octanol–water partition coefficient (Wildman–Crippen LogP) is 2.72. The van der Waals surface area contributed by atoms with Crippen molar-refractivity contribution in [3.63, 3.8) is 0 Å².